The first-order chi connectivity index (χ1) is 11.2. The van der Waals surface area contributed by atoms with Gasteiger partial charge in [0.25, 0.3) is 5.91 Å². The number of amides is 1. The fraction of sp³-hybridized carbons (Fsp3) is 0.263. The lowest BCUT2D eigenvalue weighted by Gasteiger charge is -2.10. The van der Waals surface area contributed by atoms with E-state index in [1.165, 1.54) is 0 Å². The number of furan rings is 1. The highest BCUT2D eigenvalue weighted by molar-refractivity contribution is 6.07. The van der Waals surface area contributed by atoms with E-state index in [1.54, 1.807) is 6.26 Å². The second-order valence-corrected chi connectivity index (χ2v) is 5.66. The predicted molar refractivity (Wildman–Crippen MR) is 91.4 cm³/mol. The van der Waals surface area contributed by atoms with E-state index in [9.17, 15) is 4.79 Å². The number of aromatic nitrogens is 1. The summed E-state index contributed by atoms with van der Waals surface area (Å²) < 4.78 is 5.43. The van der Waals surface area contributed by atoms with Crippen molar-refractivity contribution in [3.05, 3.63) is 53.8 Å². The normalized spacial score (nSPS) is 10.9. The fourth-order valence-electron chi connectivity index (χ4n) is 2.55. The highest BCUT2D eigenvalue weighted by atomic mass is 16.3. The zero-order valence-electron chi connectivity index (χ0n) is 13.4. The van der Waals surface area contributed by atoms with Gasteiger partial charge >= 0.3 is 0 Å². The first-order valence-electron chi connectivity index (χ1n) is 7.92. The summed E-state index contributed by atoms with van der Waals surface area (Å²) in [5, 5.41) is 3.86. The number of carbonyl (C=O) groups is 1. The van der Waals surface area contributed by atoms with Crippen LogP contribution >= 0.6 is 0 Å². The van der Waals surface area contributed by atoms with Crippen LogP contribution in [-0.2, 0) is 0 Å². The second-order valence-electron chi connectivity index (χ2n) is 5.66. The number of rotatable bonds is 5. The van der Waals surface area contributed by atoms with Gasteiger partial charge in [-0.1, -0.05) is 25.0 Å². The van der Waals surface area contributed by atoms with E-state index in [2.05, 4.69) is 17.2 Å². The Hall–Kier alpha value is -2.62. The molecule has 4 nitrogen and oxygen atoms in total. The van der Waals surface area contributed by atoms with Gasteiger partial charge < -0.3 is 9.73 Å². The monoisotopic (exact) mass is 308 g/mol. The summed E-state index contributed by atoms with van der Waals surface area (Å²) in [5.41, 5.74) is 3.21. The van der Waals surface area contributed by atoms with Crippen molar-refractivity contribution in [1.29, 1.82) is 0 Å². The van der Waals surface area contributed by atoms with Crippen molar-refractivity contribution in [3.8, 4) is 11.5 Å². The smallest absolute Gasteiger partial charge is 0.252 e. The molecule has 0 aliphatic rings. The van der Waals surface area contributed by atoms with E-state index in [0.717, 1.165) is 29.3 Å². The lowest BCUT2D eigenvalue weighted by molar-refractivity contribution is 0.0955. The molecule has 0 bridgehead atoms. The Labute approximate surface area is 135 Å². The van der Waals surface area contributed by atoms with Gasteiger partial charge in [0, 0.05) is 11.9 Å². The van der Waals surface area contributed by atoms with Crippen molar-refractivity contribution in [2.45, 2.75) is 26.7 Å². The number of aryl methyl sites for hydroxylation is 1. The number of hydrogen-bond acceptors (Lipinski definition) is 3. The average Bonchev–Trinajstić information content (AvgIpc) is 3.08. The molecule has 1 aromatic carbocycles. The third-order valence-electron chi connectivity index (χ3n) is 3.80. The van der Waals surface area contributed by atoms with Crippen molar-refractivity contribution in [2.24, 2.45) is 0 Å². The van der Waals surface area contributed by atoms with Crippen LogP contribution in [0.1, 0.15) is 35.7 Å². The zero-order valence-corrected chi connectivity index (χ0v) is 13.4. The van der Waals surface area contributed by atoms with Crippen LogP contribution in [0.4, 0.5) is 0 Å². The molecular weight excluding hydrogens is 288 g/mol. The summed E-state index contributed by atoms with van der Waals surface area (Å²) in [7, 11) is 0. The quantitative estimate of drug-likeness (QED) is 0.714. The maximum atomic E-state index is 12.6. The van der Waals surface area contributed by atoms with Gasteiger partial charge in [-0.25, -0.2) is 4.98 Å². The summed E-state index contributed by atoms with van der Waals surface area (Å²) in [6.07, 6.45) is 3.63. The van der Waals surface area contributed by atoms with Gasteiger partial charge in [0.2, 0.25) is 0 Å². The van der Waals surface area contributed by atoms with Crippen molar-refractivity contribution in [2.75, 3.05) is 6.54 Å². The molecule has 3 aromatic rings. The van der Waals surface area contributed by atoms with Crippen LogP contribution in [0.5, 0.6) is 0 Å². The summed E-state index contributed by atoms with van der Waals surface area (Å²) in [6.45, 7) is 4.80. The fourth-order valence-corrected chi connectivity index (χ4v) is 2.55. The van der Waals surface area contributed by atoms with E-state index >= 15 is 0 Å². The first-order valence-corrected chi connectivity index (χ1v) is 7.92. The van der Waals surface area contributed by atoms with Crippen molar-refractivity contribution in [3.63, 3.8) is 0 Å². The Morgan fingerprint density at radius 2 is 2.13 bits per heavy atom. The van der Waals surface area contributed by atoms with Crippen LogP contribution in [0.25, 0.3) is 22.4 Å². The minimum atomic E-state index is -0.0655. The molecule has 2 heterocycles. The number of nitrogens with zero attached hydrogens (tertiary/aromatic N) is 1. The van der Waals surface area contributed by atoms with Crippen molar-refractivity contribution in [1.82, 2.24) is 10.3 Å². The highest BCUT2D eigenvalue weighted by Crippen LogP contribution is 2.26. The number of pyridine rings is 1. The predicted octanol–water partition coefficient (Wildman–Crippen LogP) is 4.33. The van der Waals surface area contributed by atoms with E-state index in [4.69, 9.17) is 4.42 Å². The van der Waals surface area contributed by atoms with Gasteiger partial charge in [0.15, 0.2) is 5.76 Å². The SMILES string of the molecule is CCCCNC(=O)c1cc(-c2ccco2)nc2ccc(C)cc12. The maximum absolute atomic E-state index is 12.6. The number of hydrogen-bond donors (Lipinski definition) is 1. The lowest BCUT2D eigenvalue weighted by atomic mass is 10.0. The van der Waals surface area contributed by atoms with Gasteiger partial charge in [-0.05, 0) is 43.7 Å². The minimum Gasteiger partial charge on any atom is -0.463 e. The first kappa shape index (κ1) is 15.3. The second kappa shape index (κ2) is 6.65. The molecule has 0 saturated carbocycles. The largest absolute Gasteiger partial charge is 0.463 e. The number of carbonyl (C=O) groups excluding carboxylic acids is 1. The zero-order chi connectivity index (χ0) is 16.2. The standard InChI is InChI=1S/C19H20N2O2/c1-3-4-9-20-19(22)15-12-17(18-6-5-10-23-18)21-16-8-7-13(2)11-14(15)16/h5-8,10-12H,3-4,9H2,1-2H3,(H,20,22). The van der Waals surface area contributed by atoms with Gasteiger partial charge in [-0.2, -0.15) is 0 Å². The molecule has 0 aliphatic carbocycles. The average molecular weight is 308 g/mol. The molecule has 0 spiro atoms. The van der Waals surface area contributed by atoms with Crippen LogP contribution in [0.15, 0.2) is 47.1 Å². The summed E-state index contributed by atoms with van der Waals surface area (Å²) in [5.74, 6) is 0.597. The van der Waals surface area contributed by atoms with Crippen LogP contribution in [0, 0.1) is 6.92 Å². The Morgan fingerprint density at radius 3 is 2.87 bits per heavy atom. The lowest BCUT2D eigenvalue weighted by Crippen LogP contribution is -2.24. The molecule has 0 aliphatic heterocycles. The Kier molecular flexibility index (Phi) is 4.42. The van der Waals surface area contributed by atoms with Crippen molar-refractivity contribution < 1.29 is 9.21 Å². The van der Waals surface area contributed by atoms with E-state index in [0.29, 0.717) is 23.6 Å². The molecule has 118 valence electrons. The Bertz CT molecular complexity index is 823. The summed E-state index contributed by atoms with van der Waals surface area (Å²) in [6, 6.07) is 11.4. The molecule has 0 saturated heterocycles. The Balaban J connectivity index is 2.08. The molecule has 0 unspecified atom stereocenters. The summed E-state index contributed by atoms with van der Waals surface area (Å²) in [4.78, 5) is 17.2. The Morgan fingerprint density at radius 1 is 1.26 bits per heavy atom. The maximum Gasteiger partial charge on any atom is 0.252 e. The number of benzene rings is 1. The molecule has 3 rings (SSSR count). The van der Waals surface area contributed by atoms with Gasteiger partial charge in [0.1, 0.15) is 5.69 Å². The van der Waals surface area contributed by atoms with E-state index in [-0.39, 0.29) is 5.91 Å². The van der Waals surface area contributed by atoms with Crippen LogP contribution in [0.2, 0.25) is 0 Å². The van der Waals surface area contributed by atoms with Gasteiger partial charge in [0.05, 0.1) is 17.3 Å². The minimum absolute atomic E-state index is 0.0655. The van der Waals surface area contributed by atoms with Crippen LogP contribution in [0.3, 0.4) is 0 Å². The van der Waals surface area contributed by atoms with Crippen LogP contribution < -0.4 is 5.32 Å². The van der Waals surface area contributed by atoms with Gasteiger partial charge in [-0.3, -0.25) is 4.79 Å². The van der Waals surface area contributed by atoms with Crippen molar-refractivity contribution >= 4 is 16.8 Å². The topological polar surface area (TPSA) is 55.1 Å². The molecule has 0 radical (unpaired) electrons. The van der Waals surface area contributed by atoms with Gasteiger partial charge in [-0.15, -0.1) is 0 Å². The third kappa shape index (κ3) is 3.26. The molecular formula is C19H20N2O2. The molecule has 2 aromatic heterocycles. The molecule has 23 heavy (non-hydrogen) atoms. The molecule has 1 N–H and O–H groups in total. The number of fused-ring (bicyclic) bond motifs is 1. The molecule has 4 heteroatoms. The van der Waals surface area contributed by atoms with Crippen LogP contribution in [-0.4, -0.2) is 17.4 Å². The highest BCUT2D eigenvalue weighted by Gasteiger charge is 2.15. The van der Waals surface area contributed by atoms with E-state index in [1.807, 2.05) is 43.3 Å². The molecule has 0 atom stereocenters. The summed E-state index contributed by atoms with van der Waals surface area (Å²) >= 11 is 0. The molecule has 0 fully saturated rings. The third-order valence-corrected chi connectivity index (χ3v) is 3.80. The number of nitrogens with one attached hydrogen (secondary N) is 1. The number of unbranched alkanes of at least 4 members (excludes halogenated alkanes) is 1. The molecule has 1 amide bonds. The van der Waals surface area contributed by atoms with E-state index < -0.39 is 0 Å².